The van der Waals surface area contributed by atoms with Gasteiger partial charge in [0.1, 0.15) is 0 Å². The van der Waals surface area contributed by atoms with Crippen molar-refractivity contribution in [1.82, 2.24) is 10.2 Å². The van der Waals surface area contributed by atoms with Gasteiger partial charge in [0.15, 0.2) is 9.84 Å². The fourth-order valence-corrected chi connectivity index (χ4v) is 4.48. The molecule has 1 aliphatic heterocycles. The van der Waals surface area contributed by atoms with Gasteiger partial charge >= 0.3 is 6.03 Å². The van der Waals surface area contributed by atoms with Gasteiger partial charge in [-0.3, -0.25) is 0 Å². The van der Waals surface area contributed by atoms with Crippen molar-refractivity contribution in [2.75, 3.05) is 11.5 Å². The van der Waals surface area contributed by atoms with Crippen LogP contribution in [0.25, 0.3) is 0 Å². The molecular formula is C15H20Cl2N2O3S. The van der Waals surface area contributed by atoms with E-state index < -0.39 is 9.84 Å². The van der Waals surface area contributed by atoms with Crippen LogP contribution in [0.4, 0.5) is 4.79 Å². The lowest BCUT2D eigenvalue weighted by Crippen LogP contribution is -2.47. The van der Waals surface area contributed by atoms with Gasteiger partial charge in [-0.2, -0.15) is 0 Å². The molecule has 1 saturated heterocycles. The molecule has 1 atom stereocenters. The summed E-state index contributed by atoms with van der Waals surface area (Å²) in [6.07, 6.45) is 0.465. The van der Waals surface area contributed by atoms with Crippen LogP contribution in [-0.4, -0.2) is 42.9 Å². The van der Waals surface area contributed by atoms with Crippen LogP contribution >= 0.6 is 23.2 Å². The lowest BCUT2D eigenvalue weighted by Gasteiger charge is -2.28. The summed E-state index contributed by atoms with van der Waals surface area (Å²) in [5.41, 5.74) is 0.863. The Morgan fingerprint density at radius 1 is 1.35 bits per heavy atom. The molecule has 0 aliphatic carbocycles. The van der Waals surface area contributed by atoms with Crippen molar-refractivity contribution in [2.24, 2.45) is 0 Å². The van der Waals surface area contributed by atoms with Crippen LogP contribution in [0.1, 0.15) is 25.8 Å². The zero-order valence-electron chi connectivity index (χ0n) is 13.1. The lowest BCUT2D eigenvalue weighted by molar-refractivity contribution is 0.177. The normalized spacial score (nSPS) is 19.8. The van der Waals surface area contributed by atoms with E-state index in [1.807, 2.05) is 19.9 Å². The van der Waals surface area contributed by atoms with E-state index in [1.165, 1.54) is 0 Å². The van der Waals surface area contributed by atoms with Crippen LogP contribution in [0.2, 0.25) is 10.0 Å². The highest BCUT2D eigenvalue weighted by molar-refractivity contribution is 7.91. The summed E-state index contributed by atoms with van der Waals surface area (Å²) in [5, 5.41) is 3.72. The van der Waals surface area contributed by atoms with Crippen molar-refractivity contribution in [3.8, 4) is 0 Å². The van der Waals surface area contributed by atoms with Gasteiger partial charge < -0.3 is 10.2 Å². The molecule has 2 rings (SSSR count). The lowest BCUT2D eigenvalue weighted by atomic mass is 10.2. The van der Waals surface area contributed by atoms with Crippen molar-refractivity contribution in [3.05, 3.63) is 33.8 Å². The standard InChI is InChI=1S/C15H20Cl2N2O3S/c1-10(2)19(8-11-3-4-13(16)14(17)7-11)15(20)18-12-5-6-23(21,22)9-12/h3-4,7,10,12H,5-6,8-9H2,1-2H3,(H,18,20). The molecule has 1 N–H and O–H groups in total. The monoisotopic (exact) mass is 378 g/mol. The number of urea groups is 1. The molecule has 0 radical (unpaired) electrons. The van der Waals surface area contributed by atoms with Gasteiger partial charge in [-0.15, -0.1) is 0 Å². The molecular weight excluding hydrogens is 359 g/mol. The number of benzene rings is 1. The van der Waals surface area contributed by atoms with Crippen molar-refractivity contribution < 1.29 is 13.2 Å². The average Bonchev–Trinajstić information content (AvgIpc) is 2.78. The molecule has 1 heterocycles. The summed E-state index contributed by atoms with van der Waals surface area (Å²) >= 11 is 11.9. The molecule has 1 aromatic rings. The molecule has 2 amide bonds. The Labute approximate surface area is 146 Å². The maximum Gasteiger partial charge on any atom is 0.318 e. The molecule has 5 nitrogen and oxygen atoms in total. The zero-order chi connectivity index (χ0) is 17.2. The van der Waals surface area contributed by atoms with Crippen LogP contribution in [0.3, 0.4) is 0 Å². The number of nitrogens with zero attached hydrogens (tertiary/aromatic N) is 1. The first-order valence-electron chi connectivity index (χ1n) is 7.39. The third-order valence-electron chi connectivity index (χ3n) is 3.78. The van der Waals surface area contributed by atoms with Crippen LogP contribution in [0.5, 0.6) is 0 Å². The average molecular weight is 379 g/mol. The molecule has 1 aliphatic rings. The number of halogens is 2. The van der Waals surface area contributed by atoms with Gasteiger partial charge in [0.05, 0.1) is 21.6 Å². The Morgan fingerprint density at radius 3 is 2.57 bits per heavy atom. The van der Waals surface area contributed by atoms with E-state index in [0.717, 1.165) is 5.56 Å². The number of hydrogen-bond donors (Lipinski definition) is 1. The molecule has 128 valence electrons. The summed E-state index contributed by atoms with van der Waals surface area (Å²) < 4.78 is 23.0. The minimum atomic E-state index is -3.02. The van der Waals surface area contributed by atoms with Crippen molar-refractivity contribution >= 4 is 39.1 Å². The second-order valence-electron chi connectivity index (χ2n) is 6.02. The molecule has 1 fully saturated rings. The molecule has 0 spiro atoms. The molecule has 1 aromatic carbocycles. The third-order valence-corrected chi connectivity index (χ3v) is 6.29. The molecule has 0 saturated carbocycles. The first kappa shape index (κ1) is 18.4. The summed E-state index contributed by atoms with van der Waals surface area (Å²) in [6.45, 7) is 4.19. The van der Waals surface area contributed by atoms with Crippen molar-refractivity contribution in [3.63, 3.8) is 0 Å². The van der Waals surface area contributed by atoms with Gasteiger partial charge in [0.25, 0.3) is 0 Å². The first-order chi connectivity index (χ1) is 10.7. The first-order valence-corrected chi connectivity index (χ1v) is 9.97. The highest BCUT2D eigenvalue weighted by Crippen LogP contribution is 2.23. The summed E-state index contributed by atoms with van der Waals surface area (Å²) in [6, 6.07) is 4.61. The number of hydrogen-bond acceptors (Lipinski definition) is 3. The van der Waals surface area contributed by atoms with Crippen molar-refractivity contribution in [2.45, 2.75) is 38.9 Å². The second-order valence-corrected chi connectivity index (χ2v) is 9.06. The Balaban J connectivity index is 2.05. The number of carbonyl (C=O) groups is 1. The SMILES string of the molecule is CC(C)N(Cc1ccc(Cl)c(Cl)c1)C(=O)NC1CCS(=O)(=O)C1. The van der Waals surface area contributed by atoms with E-state index in [4.69, 9.17) is 23.2 Å². The Hall–Kier alpha value is -0.980. The van der Waals surface area contributed by atoms with Crippen LogP contribution in [0.15, 0.2) is 18.2 Å². The largest absolute Gasteiger partial charge is 0.334 e. The third kappa shape index (κ3) is 4.99. The fourth-order valence-electron chi connectivity index (χ4n) is 2.49. The Kier molecular flexibility index (Phi) is 5.81. The van der Waals surface area contributed by atoms with E-state index in [0.29, 0.717) is 23.0 Å². The van der Waals surface area contributed by atoms with E-state index in [1.54, 1.807) is 17.0 Å². The summed E-state index contributed by atoms with van der Waals surface area (Å²) in [4.78, 5) is 14.1. The Bertz CT molecular complexity index is 692. The highest BCUT2D eigenvalue weighted by Gasteiger charge is 2.30. The molecule has 8 heteroatoms. The highest BCUT2D eigenvalue weighted by atomic mass is 35.5. The van der Waals surface area contributed by atoms with Crippen LogP contribution in [-0.2, 0) is 16.4 Å². The molecule has 0 bridgehead atoms. The van der Waals surface area contributed by atoms with E-state index in [2.05, 4.69) is 5.32 Å². The number of amides is 2. The maximum atomic E-state index is 12.5. The summed E-state index contributed by atoms with van der Waals surface area (Å²) in [7, 11) is -3.02. The molecule has 1 unspecified atom stereocenters. The van der Waals surface area contributed by atoms with Gasteiger partial charge in [0, 0.05) is 18.6 Å². The minimum absolute atomic E-state index is 0.0114. The number of carbonyl (C=O) groups excluding carboxylic acids is 1. The maximum absolute atomic E-state index is 12.5. The Morgan fingerprint density at radius 2 is 2.04 bits per heavy atom. The van der Waals surface area contributed by atoms with Gasteiger partial charge in [-0.1, -0.05) is 29.3 Å². The topological polar surface area (TPSA) is 66.5 Å². The van der Waals surface area contributed by atoms with Crippen molar-refractivity contribution in [1.29, 1.82) is 0 Å². The summed E-state index contributed by atoms with van der Waals surface area (Å²) in [5.74, 6) is 0.143. The fraction of sp³-hybridized carbons (Fsp3) is 0.533. The second kappa shape index (κ2) is 7.28. The van der Waals surface area contributed by atoms with Crippen LogP contribution in [0, 0.1) is 0 Å². The molecule has 23 heavy (non-hydrogen) atoms. The number of nitrogens with one attached hydrogen (secondary N) is 1. The number of sulfone groups is 1. The predicted octanol–water partition coefficient (Wildman–Crippen LogP) is 3.10. The minimum Gasteiger partial charge on any atom is -0.334 e. The predicted molar refractivity (Wildman–Crippen MR) is 92.7 cm³/mol. The van der Waals surface area contributed by atoms with Gasteiger partial charge in [-0.25, -0.2) is 13.2 Å². The van der Waals surface area contributed by atoms with E-state index >= 15 is 0 Å². The van der Waals surface area contributed by atoms with Gasteiger partial charge in [-0.05, 0) is 38.0 Å². The molecule has 0 aromatic heterocycles. The van der Waals surface area contributed by atoms with Gasteiger partial charge in [0.2, 0.25) is 0 Å². The van der Waals surface area contributed by atoms with E-state index in [9.17, 15) is 13.2 Å². The number of rotatable bonds is 4. The quantitative estimate of drug-likeness (QED) is 0.874. The van der Waals surface area contributed by atoms with E-state index in [-0.39, 0.29) is 29.6 Å². The smallest absolute Gasteiger partial charge is 0.318 e. The zero-order valence-corrected chi connectivity index (χ0v) is 15.4. The van der Waals surface area contributed by atoms with Crippen LogP contribution < -0.4 is 5.32 Å².